The van der Waals surface area contributed by atoms with Gasteiger partial charge in [-0.05, 0) is 31.8 Å². The molecule has 3 rings (SSSR count). The third kappa shape index (κ3) is 4.22. The highest BCUT2D eigenvalue weighted by atomic mass is 19.1. The first-order valence-corrected chi connectivity index (χ1v) is 8.13. The van der Waals surface area contributed by atoms with E-state index in [0.29, 0.717) is 18.7 Å². The van der Waals surface area contributed by atoms with Crippen molar-refractivity contribution in [2.24, 2.45) is 0 Å². The number of nitrogens with one attached hydrogen (secondary N) is 2. The average molecular weight is 340 g/mol. The Bertz CT molecular complexity index is 888. The lowest BCUT2D eigenvalue weighted by molar-refractivity contribution is -0.120. The van der Waals surface area contributed by atoms with Crippen LogP contribution in [0, 0.1) is 5.82 Å². The molecule has 1 aromatic heterocycles. The van der Waals surface area contributed by atoms with Gasteiger partial charge < -0.3 is 10.2 Å². The van der Waals surface area contributed by atoms with Gasteiger partial charge in [0.25, 0.3) is 0 Å². The summed E-state index contributed by atoms with van der Waals surface area (Å²) in [6.07, 6.45) is 0.210. The molecule has 2 aromatic carbocycles. The van der Waals surface area contributed by atoms with E-state index in [0.717, 1.165) is 22.2 Å². The number of para-hydroxylation sites is 1. The highest BCUT2D eigenvalue weighted by Crippen LogP contribution is 2.16. The second kappa shape index (κ2) is 7.44. The van der Waals surface area contributed by atoms with E-state index >= 15 is 0 Å². The molecule has 0 atom stereocenters. The number of carbonyl (C=O) groups is 1. The highest BCUT2D eigenvalue weighted by molar-refractivity contribution is 5.87. The summed E-state index contributed by atoms with van der Waals surface area (Å²) in [6.45, 7) is 0.843. The van der Waals surface area contributed by atoms with Gasteiger partial charge in [0.05, 0.1) is 17.6 Å². The number of halogens is 1. The maximum atomic E-state index is 14.1. The van der Waals surface area contributed by atoms with E-state index in [4.69, 9.17) is 0 Å². The lowest BCUT2D eigenvalue weighted by atomic mass is 10.1. The molecule has 0 bridgehead atoms. The maximum Gasteiger partial charge on any atom is 0.226 e. The van der Waals surface area contributed by atoms with Crippen LogP contribution in [-0.2, 0) is 24.3 Å². The molecule has 1 heterocycles. The second-order valence-electron chi connectivity index (χ2n) is 6.34. The van der Waals surface area contributed by atoms with Gasteiger partial charge in [0, 0.05) is 24.0 Å². The molecule has 0 radical (unpaired) electrons. The molecule has 0 aliphatic rings. The van der Waals surface area contributed by atoms with Crippen LogP contribution in [0.3, 0.4) is 0 Å². The van der Waals surface area contributed by atoms with Gasteiger partial charge in [-0.25, -0.2) is 4.39 Å². The van der Waals surface area contributed by atoms with Crippen molar-refractivity contribution in [1.29, 1.82) is 0 Å². The summed E-state index contributed by atoms with van der Waals surface area (Å²) in [7, 11) is 3.79. The van der Waals surface area contributed by atoms with Crippen molar-refractivity contribution in [2.45, 2.75) is 19.5 Å². The minimum atomic E-state index is -0.250. The molecule has 6 heteroatoms. The number of rotatable bonds is 6. The molecule has 3 aromatic rings. The Hall–Kier alpha value is -2.73. The summed E-state index contributed by atoms with van der Waals surface area (Å²) in [5.74, 6) is -0.382. The lowest BCUT2D eigenvalue weighted by Gasteiger charge is -2.12. The van der Waals surface area contributed by atoms with E-state index in [1.54, 1.807) is 6.07 Å². The van der Waals surface area contributed by atoms with Crippen LogP contribution in [0.5, 0.6) is 0 Å². The fourth-order valence-electron chi connectivity index (χ4n) is 2.74. The van der Waals surface area contributed by atoms with Crippen LogP contribution < -0.4 is 5.32 Å². The SMILES string of the molecule is CN(C)Cc1ccc(CNC(=O)Cc2[nH]nc3ccccc23)cc1F. The summed E-state index contributed by atoms with van der Waals surface area (Å²) < 4.78 is 14.1. The molecule has 130 valence electrons. The fourth-order valence-corrected chi connectivity index (χ4v) is 2.74. The first-order chi connectivity index (χ1) is 12.0. The summed E-state index contributed by atoms with van der Waals surface area (Å²) >= 11 is 0. The summed E-state index contributed by atoms with van der Waals surface area (Å²) in [5, 5.41) is 10.8. The van der Waals surface area contributed by atoms with Crippen LogP contribution in [0.4, 0.5) is 4.39 Å². The standard InChI is InChI=1S/C19H21FN4O/c1-24(2)12-14-8-7-13(9-16(14)20)11-21-19(25)10-18-15-5-3-4-6-17(15)22-23-18/h3-9H,10-12H2,1-2H3,(H,21,25)(H,22,23). The van der Waals surface area contributed by atoms with E-state index in [-0.39, 0.29) is 18.1 Å². The molecule has 0 aliphatic carbocycles. The van der Waals surface area contributed by atoms with Gasteiger partial charge in [-0.15, -0.1) is 0 Å². The number of aromatic nitrogens is 2. The molecule has 5 nitrogen and oxygen atoms in total. The van der Waals surface area contributed by atoms with Crippen LogP contribution in [0.15, 0.2) is 42.5 Å². The molecule has 0 saturated heterocycles. The Balaban J connectivity index is 1.60. The van der Waals surface area contributed by atoms with E-state index in [2.05, 4.69) is 15.5 Å². The third-order valence-electron chi connectivity index (χ3n) is 3.97. The molecular weight excluding hydrogens is 319 g/mol. The van der Waals surface area contributed by atoms with Crippen molar-refractivity contribution in [3.8, 4) is 0 Å². The monoisotopic (exact) mass is 340 g/mol. The maximum absolute atomic E-state index is 14.1. The Kier molecular flexibility index (Phi) is 5.09. The number of carbonyl (C=O) groups excluding carboxylic acids is 1. The molecule has 0 aliphatic heterocycles. The minimum absolute atomic E-state index is 0.132. The minimum Gasteiger partial charge on any atom is -0.352 e. The van der Waals surface area contributed by atoms with Crippen LogP contribution >= 0.6 is 0 Å². The number of H-pyrrole nitrogens is 1. The number of aromatic amines is 1. The van der Waals surface area contributed by atoms with Gasteiger partial charge in [-0.2, -0.15) is 5.10 Å². The van der Waals surface area contributed by atoms with Gasteiger partial charge in [-0.1, -0.05) is 30.3 Å². The summed E-state index contributed by atoms with van der Waals surface area (Å²) in [6, 6.07) is 12.7. The van der Waals surface area contributed by atoms with Crippen LogP contribution in [0.25, 0.3) is 10.9 Å². The third-order valence-corrected chi connectivity index (χ3v) is 3.97. The molecular formula is C19H21FN4O. The van der Waals surface area contributed by atoms with Gasteiger partial charge in [-0.3, -0.25) is 9.89 Å². The number of nitrogens with zero attached hydrogens (tertiary/aromatic N) is 2. The quantitative estimate of drug-likeness (QED) is 0.725. The molecule has 0 saturated carbocycles. The molecule has 0 unspecified atom stereocenters. The van der Waals surface area contributed by atoms with Crippen LogP contribution in [0.2, 0.25) is 0 Å². The van der Waals surface area contributed by atoms with Crippen LogP contribution in [-0.4, -0.2) is 35.1 Å². The highest BCUT2D eigenvalue weighted by Gasteiger charge is 2.10. The molecule has 1 amide bonds. The van der Waals surface area contributed by atoms with Gasteiger partial charge >= 0.3 is 0 Å². The number of amides is 1. The van der Waals surface area contributed by atoms with E-state index in [1.807, 2.05) is 49.3 Å². The first kappa shape index (κ1) is 17.1. The van der Waals surface area contributed by atoms with Gasteiger partial charge in [0.15, 0.2) is 0 Å². The zero-order chi connectivity index (χ0) is 17.8. The zero-order valence-corrected chi connectivity index (χ0v) is 14.3. The smallest absolute Gasteiger partial charge is 0.226 e. The Labute approximate surface area is 145 Å². The van der Waals surface area contributed by atoms with E-state index < -0.39 is 0 Å². The van der Waals surface area contributed by atoms with Crippen molar-refractivity contribution in [3.05, 3.63) is 65.1 Å². The summed E-state index contributed by atoms with van der Waals surface area (Å²) in [5.41, 5.74) is 3.00. The predicted molar refractivity (Wildman–Crippen MR) is 95.4 cm³/mol. The lowest BCUT2D eigenvalue weighted by Crippen LogP contribution is -2.25. The van der Waals surface area contributed by atoms with E-state index in [9.17, 15) is 9.18 Å². The number of fused-ring (bicyclic) bond motifs is 1. The molecule has 2 N–H and O–H groups in total. The predicted octanol–water partition coefficient (Wildman–Crippen LogP) is 2.62. The van der Waals surface area contributed by atoms with Gasteiger partial charge in [0.1, 0.15) is 5.82 Å². The van der Waals surface area contributed by atoms with Crippen molar-refractivity contribution in [1.82, 2.24) is 20.4 Å². The van der Waals surface area contributed by atoms with Crippen molar-refractivity contribution < 1.29 is 9.18 Å². The second-order valence-corrected chi connectivity index (χ2v) is 6.34. The first-order valence-electron chi connectivity index (χ1n) is 8.13. The van der Waals surface area contributed by atoms with E-state index in [1.165, 1.54) is 6.07 Å². The van der Waals surface area contributed by atoms with Crippen LogP contribution in [0.1, 0.15) is 16.8 Å². The Morgan fingerprint density at radius 3 is 2.80 bits per heavy atom. The molecule has 0 spiro atoms. The number of benzene rings is 2. The molecule has 0 fully saturated rings. The fraction of sp³-hybridized carbons (Fsp3) is 0.263. The normalized spacial score (nSPS) is 11.2. The van der Waals surface area contributed by atoms with Gasteiger partial charge in [0.2, 0.25) is 5.91 Å². The number of hydrogen-bond acceptors (Lipinski definition) is 3. The van der Waals surface area contributed by atoms with Crippen molar-refractivity contribution in [3.63, 3.8) is 0 Å². The summed E-state index contributed by atoms with van der Waals surface area (Å²) in [4.78, 5) is 14.1. The average Bonchev–Trinajstić information content (AvgIpc) is 2.98. The number of hydrogen-bond donors (Lipinski definition) is 2. The van der Waals surface area contributed by atoms with Crippen molar-refractivity contribution in [2.75, 3.05) is 14.1 Å². The Morgan fingerprint density at radius 2 is 2.04 bits per heavy atom. The van der Waals surface area contributed by atoms with Crippen molar-refractivity contribution >= 4 is 16.8 Å². The Morgan fingerprint density at radius 1 is 1.24 bits per heavy atom. The zero-order valence-electron chi connectivity index (χ0n) is 14.3. The molecule has 25 heavy (non-hydrogen) atoms. The topological polar surface area (TPSA) is 61.0 Å². The largest absolute Gasteiger partial charge is 0.352 e.